The van der Waals surface area contributed by atoms with Crippen molar-refractivity contribution in [2.45, 2.75) is 0 Å². The lowest BCUT2D eigenvalue weighted by Crippen LogP contribution is -1.93. The van der Waals surface area contributed by atoms with Gasteiger partial charge in [-0.3, -0.25) is 0 Å². The van der Waals surface area contributed by atoms with Crippen LogP contribution in [0.2, 0.25) is 0 Å². The van der Waals surface area contributed by atoms with Gasteiger partial charge in [0.05, 0.1) is 22.7 Å². The number of para-hydroxylation sites is 1. The second-order valence-corrected chi connectivity index (χ2v) is 11.7. The average Bonchev–Trinajstić information content (AvgIpc) is 3.45. The topological polar surface area (TPSA) is 28.7 Å². The molecular weight excluding hydrogens is 544 g/mol. The fourth-order valence-electron chi connectivity index (χ4n) is 7.09. The van der Waals surface area contributed by atoms with Gasteiger partial charge in [-0.15, -0.1) is 0 Å². The molecule has 0 aliphatic heterocycles. The lowest BCUT2D eigenvalue weighted by molar-refractivity contribution is 1.18. The van der Waals surface area contributed by atoms with Crippen molar-refractivity contribution in [1.29, 1.82) is 5.26 Å². The predicted octanol–water partition coefficient (Wildman–Crippen LogP) is 11.4. The number of benzene rings is 8. The monoisotopic (exact) mass is 570 g/mol. The Labute approximate surface area is 260 Å². The zero-order chi connectivity index (χ0) is 29.9. The summed E-state index contributed by atoms with van der Waals surface area (Å²) < 4.78 is 2.29. The van der Waals surface area contributed by atoms with E-state index in [1.165, 1.54) is 54.6 Å². The summed E-state index contributed by atoms with van der Waals surface area (Å²) in [7, 11) is 0. The van der Waals surface area contributed by atoms with Crippen LogP contribution in [-0.2, 0) is 0 Å². The number of nitriles is 1. The number of nitrogens with zero attached hydrogens (tertiary/aromatic N) is 2. The van der Waals surface area contributed by atoms with E-state index in [-0.39, 0.29) is 0 Å². The van der Waals surface area contributed by atoms with E-state index in [1.807, 2.05) is 12.1 Å². The first-order valence-electron chi connectivity index (χ1n) is 15.2. The number of hydrogen-bond acceptors (Lipinski definition) is 1. The molecule has 0 N–H and O–H groups in total. The van der Waals surface area contributed by atoms with E-state index in [9.17, 15) is 5.26 Å². The Bertz CT molecular complexity index is 2620. The maximum atomic E-state index is 9.49. The van der Waals surface area contributed by atoms with E-state index in [0.717, 1.165) is 27.5 Å². The maximum absolute atomic E-state index is 9.49. The molecule has 0 amide bonds. The van der Waals surface area contributed by atoms with Crippen molar-refractivity contribution in [3.63, 3.8) is 0 Å². The molecule has 0 unspecified atom stereocenters. The standard InChI is InChI=1S/C43H26N2/c44-27-28-16-23-43-41(24-28)39-14-5-6-15-42(39)45(43)33-20-17-29(18-21-33)30-8-7-9-31(25-30)32-19-22-38-36-12-2-1-10-34(36)35-11-3-4-13-37(35)40(38)26-32/h1-26H. The molecule has 8 aromatic carbocycles. The van der Waals surface area contributed by atoms with Crippen LogP contribution in [0.1, 0.15) is 5.56 Å². The highest BCUT2D eigenvalue weighted by Gasteiger charge is 2.14. The molecule has 0 saturated heterocycles. The first-order valence-corrected chi connectivity index (χ1v) is 15.2. The number of hydrogen-bond donors (Lipinski definition) is 0. The van der Waals surface area contributed by atoms with Crippen molar-refractivity contribution < 1.29 is 0 Å². The highest BCUT2D eigenvalue weighted by Crippen LogP contribution is 2.38. The van der Waals surface area contributed by atoms with Crippen LogP contribution in [-0.4, -0.2) is 4.57 Å². The van der Waals surface area contributed by atoms with Crippen LogP contribution in [0.5, 0.6) is 0 Å². The zero-order valence-electron chi connectivity index (χ0n) is 24.4. The molecular formula is C43H26N2. The molecule has 1 heterocycles. The Hall–Kier alpha value is -6.17. The van der Waals surface area contributed by atoms with Crippen LogP contribution in [0, 0.1) is 11.3 Å². The van der Waals surface area contributed by atoms with Crippen molar-refractivity contribution >= 4 is 54.1 Å². The van der Waals surface area contributed by atoms with Crippen molar-refractivity contribution in [1.82, 2.24) is 4.57 Å². The Balaban J connectivity index is 1.13. The summed E-state index contributed by atoms with van der Waals surface area (Å²) in [6, 6.07) is 58.6. The van der Waals surface area contributed by atoms with Crippen LogP contribution in [0.15, 0.2) is 158 Å². The Kier molecular flexibility index (Phi) is 5.60. The van der Waals surface area contributed by atoms with Gasteiger partial charge in [-0.2, -0.15) is 5.26 Å². The van der Waals surface area contributed by atoms with Gasteiger partial charge >= 0.3 is 0 Å². The normalized spacial score (nSPS) is 11.5. The lowest BCUT2D eigenvalue weighted by atomic mass is 9.91. The first-order chi connectivity index (χ1) is 22.3. The third kappa shape index (κ3) is 3.95. The summed E-state index contributed by atoms with van der Waals surface area (Å²) in [5, 5.41) is 19.5. The minimum atomic E-state index is 0.675. The molecule has 0 aliphatic rings. The smallest absolute Gasteiger partial charge is 0.0991 e. The molecule has 9 aromatic rings. The molecule has 9 rings (SSSR count). The fourth-order valence-corrected chi connectivity index (χ4v) is 7.09. The summed E-state index contributed by atoms with van der Waals surface area (Å²) in [6.45, 7) is 0. The Morgan fingerprint density at radius 2 is 0.889 bits per heavy atom. The number of rotatable bonds is 3. The molecule has 2 heteroatoms. The molecule has 0 radical (unpaired) electrons. The molecule has 1 aromatic heterocycles. The minimum Gasteiger partial charge on any atom is -0.309 e. The largest absolute Gasteiger partial charge is 0.309 e. The highest BCUT2D eigenvalue weighted by atomic mass is 15.0. The highest BCUT2D eigenvalue weighted by molar-refractivity contribution is 6.25. The third-order valence-corrected chi connectivity index (χ3v) is 9.20. The summed E-state index contributed by atoms with van der Waals surface area (Å²) in [5.41, 5.74) is 8.77. The zero-order valence-corrected chi connectivity index (χ0v) is 24.4. The van der Waals surface area contributed by atoms with Crippen molar-refractivity contribution in [3.8, 4) is 34.0 Å². The van der Waals surface area contributed by atoms with Crippen LogP contribution in [0.25, 0.3) is 82.1 Å². The van der Waals surface area contributed by atoms with Crippen molar-refractivity contribution in [2.24, 2.45) is 0 Å². The molecule has 0 fully saturated rings. The molecule has 45 heavy (non-hydrogen) atoms. The van der Waals surface area contributed by atoms with Gasteiger partial charge in [-0.05, 0) is 103 Å². The van der Waals surface area contributed by atoms with E-state index < -0.39 is 0 Å². The van der Waals surface area contributed by atoms with Crippen LogP contribution < -0.4 is 0 Å². The van der Waals surface area contributed by atoms with E-state index in [1.54, 1.807) is 0 Å². The molecule has 0 atom stereocenters. The first kappa shape index (κ1) is 25.3. The van der Waals surface area contributed by atoms with Gasteiger partial charge < -0.3 is 4.57 Å². The van der Waals surface area contributed by atoms with Crippen molar-refractivity contribution in [3.05, 3.63) is 163 Å². The van der Waals surface area contributed by atoms with Crippen LogP contribution >= 0.6 is 0 Å². The van der Waals surface area contributed by atoms with E-state index in [2.05, 4.69) is 156 Å². The molecule has 2 nitrogen and oxygen atoms in total. The van der Waals surface area contributed by atoms with Gasteiger partial charge in [-0.1, -0.05) is 109 Å². The van der Waals surface area contributed by atoms with Gasteiger partial charge in [0, 0.05) is 16.5 Å². The summed E-state index contributed by atoms with van der Waals surface area (Å²) in [6.07, 6.45) is 0. The second-order valence-electron chi connectivity index (χ2n) is 11.7. The number of aromatic nitrogens is 1. The van der Waals surface area contributed by atoms with Gasteiger partial charge in [0.1, 0.15) is 0 Å². The van der Waals surface area contributed by atoms with Crippen LogP contribution in [0.3, 0.4) is 0 Å². The van der Waals surface area contributed by atoms with Gasteiger partial charge in [-0.25, -0.2) is 0 Å². The molecule has 0 aliphatic carbocycles. The maximum Gasteiger partial charge on any atom is 0.0991 e. The predicted molar refractivity (Wildman–Crippen MR) is 189 cm³/mol. The average molecular weight is 571 g/mol. The second kappa shape index (κ2) is 9.95. The van der Waals surface area contributed by atoms with Crippen LogP contribution in [0.4, 0.5) is 0 Å². The lowest BCUT2D eigenvalue weighted by Gasteiger charge is -2.13. The van der Waals surface area contributed by atoms with E-state index in [0.29, 0.717) is 5.56 Å². The molecule has 0 saturated carbocycles. The summed E-state index contributed by atoms with van der Waals surface area (Å²) >= 11 is 0. The molecule has 208 valence electrons. The third-order valence-electron chi connectivity index (χ3n) is 9.20. The van der Waals surface area contributed by atoms with Gasteiger partial charge in [0.25, 0.3) is 0 Å². The quantitative estimate of drug-likeness (QED) is 0.194. The van der Waals surface area contributed by atoms with E-state index in [4.69, 9.17) is 0 Å². The molecule has 0 spiro atoms. The number of fused-ring (bicyclic) bond motifs is 9. The fraction of sp³-hybridized carbons (Fsp3) is 0. The summed E-state index contributed by atoms with van der Waals surface area (Å²) in [4.78, 5) is 0. The summed E-state index contributed by atoms with van der Waals surface area (Å²) in [5.74, 6) is 0. The van der Waals surface area contributed by atoms with E-state index >= 15 is 0 Å². The minimum absolute atomic E-state index is 0.675. The Morgan fingerprint density at radius 1 is 0.356 bits per heavy atom. The SMILES string of the molecule is N#Cc1ccc2c(c1)c1ccccc1n2-c1ccc(-c2cccc(-c3ccc4c5ccccc5c5ccccc5c4c3)c2)cc1. The molecule has 0 bridgehead atoms. The van der Waals surface area contributed by atoms with Gasteiger partial charge in [0.15, 0.2) is 0 Å². The van der Waals surface area contributed by atoms with Gasteiger partial charge in [0.2, 0.25) is 0 Å². The van der Waals surface area contributed by atoms with Crippen molar-refractivity contribution in [2.75, 3.05) is 0 Å². The Morgan fingerprint density at radius 3 is 1.58 bits per heavy atom.